The van der Waals surface area contributed by atoms with Gasteiger partial charge in [0.05, 0.1) is 0 Å². The molecule has 0 bridgehead atoms. The van der Waals surface area contributed by atoms with Crippen molar-refractivity contribution in [2.24, 2.45) is 0 Å². The van der Waals surface area contributed by atoms with Crippen LogP contribution in [0.1, 0.15) is 23.6 Å². The largest absolute Gasteiger partial charge is 0.361 e. The number of allylic oxidation sites excluding steroid dienone is 1. The fourth-order valence-electron chi connectivity index (χ4n) is 2.91. The summed E-state index contributed by atoms with van der Waals surface area (Å²) < 4.78 is 0. The summed E-state index contributed by atoms with van der Waals surface area (Å²) >= 11 is 0. The number of nitrogens with one attached hydrogen (secondary N) is 3. The summed E-state index contributed by atoms with van der Waals surface area (Å²) in [4.78, 5) is 14.4. The van der Waals surface area contributed by atoms with Crippen LogP contribution >= 0.6 is 0 Å². The Kier molecular flexibility index (Phi) is 5.84. The van der Waals surface area contributed by atoms with Gasteiger partial charge >= 0.3 is 0 Å². The Morgan fingerprint density at radius 3 is 2.65 bits per heavy atom. The average Bonchev–Trinajstić information content (AvgIpc) is 3.13. The van der Waals surface area contributed by atoms with E-state index in [1.165, 1.54) is 28.1 Å². The maximum atomic E-state index is 11.2. The summed E-state index contributed by atoms with van der Waals surface area (Å²) in [7, 11) is 0. The molecule has 0 radical (unpaired) electrons. The molecule has 0 fully saturated rings. The van der Waals surface area contributed by atoms with E-state index in [2.05, 4.69) is 34.6 Å². The van der Waals surface area contributed by atoms with Gasteiger partial charge in [0.2, 0.25) is 0 Å². The normalized spacial score (nSPS) is 11.7. The predicted molar refractivity (Wildman–Crippen MR) is 104 cm³/mol. The molecule has 1 aromatic heterocycles. The highest BCUT2D eigenvalue weighted by atomic mass is 16.5. The second-order valence-corrected chi connectivity index (χ2v) is 6.33. The number of hydrogen-bond donors (Lipinski definition) is 4. The number of fused-ring (bicyclic) bond motifs is 1. The number of hydrogen-bond acceptors (Lipinski definition) is 3. The monoisotopic (exact) mass is 349 g/mol. The summed E-state index contributed by atoms with van der Waals surface area (Å²) in [6.45, 7) is 3.54. The first-order chi connectivity index (χ1) is 12.7. The maximum absolute atomic E-state index is 11.2. The van der Waals surface area contributed by atoms with Gasteiger partial charge < -0.3 is 10.3 Å². The van der Waals surface area contributed by atoms with E-state index in [9.17, 15) is 4.79 Å². The number of hydroxylamine groups is 1. The SMILES string of the molecule is C/C(=C\C(=O)NO)c1ccc(CNCCc2ccc3cc[nH]c3c2)cc1. The molecule has 1 amide bonds. The van der Waals surface area contributed by atoms with Crippen LogP contribution in [0.15, 0.2) is 60.8 Å². The van der Waals surface area contributed by atoms with Gasteiger partial charge in [0.15, 0.2) is 0 Å². The van der Waals surface area contributed by atoms with E-state index in [0.29, 0.717) is 0 Å². The number of aromatic amines is 1. The Morgan fingerprint density at radius 2 is 1.88 bits per heavy atom. The Labute approximate surface area is 152 Å². The van der Waals surface area contributed by atoms with Crippen LogP contribution < -0.4 is 10.8 Å². The molecule has 4 N–H and O–H groups in total. The van der Waals surface area contributed by atoms with Crippen molar-refractivity contribution in [1.82, 2.24) is 15.8 Å². The topological polar surface area (TPSA) is 77.2 Å². The van der Waals surface area contributed by atoms with Crippen molar-refractivity contribution >= 4 is 22.4 Å². The minimum Gasteiger partial charge on any atom is -0.361 e. The molecule has 0 spiro atoms. The van der Waals surface area contributed by atoms with E-state index in [0.717, 1.165) is 30.6 Å². The van der Waals surface area contributed by atoms with E-state index >= 15 is 0 Å². The Balaban J connectivity index is 1.48. The van der Waals surface area contributed by atoms with Crippen molar-refractivity contribution in [1.29, 1.82) is 0 Å². The minimum atomic E-state index is -0.522. The highest BCUT2D eigenvalue weighted by Gasteiger charge is 2.01. The van der Waals surface area contributed by atoms with Crippen molar-refractivity contribution in [3.05, 3.63) is 77.5 Å². The first kappa shape index (κ1) is 17.9. The maximum Gasteiger partial charge on any atom is 0.267 e. The molecule has 0 aliphatic heterocycles. The third kappa shape index (κ3) is 4.59. The van der Waals surface area contributed by atoms with E-state index in [-0.39, 0.29) is 0 Å². The molecule has 26 heavy (non-hydrogen) atoms. The molecule has 5 heteroatoms. The highest BCUT2D eigenvalue weighted by molar-refractivity contribution is 5.94. The van der Waals surface area contributed by atoms with E-state index in [1.54, 1.807) is 5.48 Å². The Hall–Kier alpha value is -2.89. The molecule has 3 rings (SSSR count). The molecule has 134 valence electrons. The molecule has 0 atom stereocenters. The standard InChI is InChI=1S/C21H23N3O2/c1-15(12-21(25)24-26)18-5-3-17(4-6-18)14-22-10-8-16-2-7-19-9-11-23-20(19)13-16/h2-7,9,11-13,22-23,26H,8,10,14H2,1H3,(H,24,25)/b15-12+. The molecule has 3 aromatic rings. The first-order valence-electron chi connectivity index (χ1n) is 8.64. The van der Waals surface area contributed by atoms with Crippen molar-refractivity contribution in [2.45, 2.75) is 19.9 Å². The van der Waals surface area contributed by atoms with Gasteiger partial charge in [-0.25, -0.2) is 5.48 Å². The van der Waals surface area contributed by atoms with Gasteiger partial charge in [-0.1, -0.05) is 36.4 Å². The van der Waals surface area contributed by atoms with Crippen molar-refractivity contribution in [3.63, 3.8) is 0 Å². The molecule has 0 saturated carbocycles. The summed E-state index contributed by atoms with van der Waals surface area (Å²) in [5.74, 6) is -0.522. The first-order valence-corrected chi connectivity index (χ1v) is 8.64. The van der Waals surface area contributed by atoms with Gasteiger partial charge in [-0.15, -0.1) is 0 Å². The van der Waals surface area contributed by atoms with Crippen molar-refractivity contribution < 1.29 is 10.0 Å². The van der Waals surface area contributed by atoms with Gasteiger partial charge in [0.1, 0.15) is 0 Å². The summed E-state index contributed by atoms with van der Waals surface area (Å²) in [5, 5.41) is 13.3. The van der Waals surface area contributed by atoms with Crippen molar-refractivity contribution in [2.75, 3.05) is 6.54 Å². The zero-order valence-corrected chi connectivity index (χ0v) is 14.8. The molecular weight excluding hydrogens is 326 g/mol. The number of benzene rings is 2. The highest BCUT2D eigenvalue weighted by Crippen LogP contribution is 2.15. The quantitative estimate of drug-likeness (QED) is 0.228. The van der Waals surface area contributed by atoms with Gasteiger partial charge in [0, 0.05) is 24.3 Å². The van der Waals surface area contributed by atoms with Crippen LogP contribution in [0.2, 0.25) is 0 Å². The van der Waals surface area contributed by atoms with Crippen LogP contribution in [0.4, 0.5) is 0 Å². The van der Waals surface area contributed by atoms with Gasteiger partial charge in [-0.2, -0.15) is 0 Å². The number of carbonyl (C=O) groups is 1. The van der Waals surface area contributed by atoms with E-state index in [1.807, 2.05) is 37.4 Å². The lowest BCUT2D eigenvalue weighted by molar-refractivity contribution is -0.124. The molecule has 0 saturated heterocycles. The van der Waals surface area contributed by atoms with Crippen LogP contribution in [0.5, 0.6) is 0 Å². The van der Waals surface area contributed by atoms with Crippen LogP contribution in [-0.4, -0.2) is 22.6 Å². The number of amides is 1. The third-order valence-electron chi connectivity index (χ3n) is 4.41. The van der Waals surface area contributed by atoms with Crippen LogP contribution in [0.25, 0.3) is 16.5 Å². The zero-order valence-electron chi connectivity index (χ0n) is 14.8. The Morgan fingerprint density at radius 1 is 1.12 bits per heavy atom. The smallest absolute Gasteiger partial charge is 0.267 e. The number of H-pyrrole nitrogens is 1. The van der Waals surface area contributed by atoms with Gasteiger partial charge in [-0.05, 0) is 59.7 Å². The molecule has 5 nitrogen and oxygen atoms in total. The van der Waals surface area contributed by atoms with Crippen molar-refractivity contribution in [3.8, 4) is 0 Å². The molecular formula is C21H23N3O2. The fraction of sp³-hybridized carbons (Fsp3) is 0.190. The number of rotatable bonds is 7. The molecule has 0 aliphatic rings. The molecule has 1 heterocycles. The molecule has 2 aromatic carbocycles. The molecule has 0 unspecified atom stereocenters. The summed E-state index contributed by atoms with van der Waals surface area (Å²) in [5.41, 5.74) is 7.04. The number of aromatic nitrogens is 1. The van der Waals surface area contributed by atoms with E-state index < -0.39 is 5.91 Å². The second kappa shape index (κ2) is 8.47. The number of carbonyl (C=O) groups excluding carboxylic acids is 1. The predicted octanol–water partition coefficient (Wildman–Crippen LogP) is 3.41. The average molecular weight is 349 g/mol. The van der Waals surface area contributed by atoms with Gasteiger partial charge in [0.25, 0.3) is 5.91 Å². The minimum absolute atomic E-state index is 0.522. The summed E-state index contributed by atoms with van der Waals surface area (Å²) in [6, 6.07) is 16.6. The van der Waals surface area contributed by atoms with Crippen LogP contribution in [-0.2, 0) is 17.8 Å². The third-order valence-corrected chi connectivity index (χ3v) is 4.41. The molecule has 0 aliphatic carbocycles. The Bertz CT molecular complexity index is 910. The lowest BCUT2D eigenvalue weighted by atomic mass is 10.0. The van der Waals surface area contributed by atoms with Crippen LogP contribution in [0, 0.1) is 0 Å². The zero-order chi connectivity index (χ0) is 18.4. The second-order valence-electron chi connectivity index (χ2n) is 6.33. The lowest BCUT2D eigenvalue weighted by Gasteiger charge is -2.07. The van der Waals surface area contributed by atoms with Gasteiger partial charge in [-0.3, -0.25) is 10.0 Å². The summed E-state index contributed by atoms with van der Waals surface area (Å²) in [6.07, 6.45) is 4.31. The van der Waals surface area contributed by atoms with E-state index in [4.69, 9.17) is 5.21 Å². The fourth-order valence-corrected chi connectivity index (χ4v) is 2.91. The van der Waals surface area contributed by atoms with Crippen LogP contribution in [0.3, 0.4) is 0 Å². The lowest BCUT2D eigenvalue weighted by Crippen LogP contribution is -2.16.